The molecule has 1 atom stereocenters. The molecule has 0 spiro atoms. The summed E-state index contributed by atoms with van der Waals surface area (Å²) in [7, 11) is 0. The number of nitrogens with zero attached hydrogens (tertiary/aromatic N) is 3. The molecule has 0 saturated carbocycles. The van der Waals surface area contributed by atoms with E-state index >= 15 is 0 Å². The molecular formula is C26H31F3N4O5. The molecule has 1 unspecified atom stereocenters. The van der Waals surface area contributed by atoms with Crippen LogP contribution in [0.1, 0.15) is 50.3 Å². The van der Waals surface area contributed by atoms with Crippen LogP contribution in [-0.2, 0) is 25.3 Å². The second-order valence-electron chi connectivity index (χ2n) is 9.46. The van der Waals surface area contributed by atoms with Crippen LogP contribution < -0.4 is 5.32 Å². The molecule has 1 fully saturated rings. The summed E-state index contributed by atoms with van der Waals surface area (Å²) in [4.78, 5) is 55.4. The fourth-order valence-corrected chi connectivity index (χ4v) is 5.32. The number of piperidine rings is 1. The fourth-order valence-electron chi connectivity index (χ4n) is 5.32. The number of benzene rings is 1. The summed E-state index contributed by atoms with van der Waals surface area (Å²) in [6, 6.07) is 3.05. The Kier molecular flexibility index (Phi) is 7.98. The number of esters is 1. The third-order valence-corrected chi connectivity index (χ3v) is 7.25. The zero-order valence-corrected chi connectivity index (χ0v) is 21.3. The summed E-state index contributed by atoms with van der Waals surface area (Å²) in [6.07, 6.45) is -3.64. The van der Waals surface area contributed by atoms with Gasteiger partial charge >= 0.3 is 18.2 Å². The largest absolute Gasteiger partial charge is 0.466 e. The van der Waals surface area contributed by atoms with Crippen molar-refractivity contribution >= 4 is 23.8 Å². The molecule has 206 valence electrons. The van der Waals surface area contributed by atoms with Crippen LogP contribution in [0.2, 0.25) is 0 Å². The highest BCUT2D eigenvalue weighted by Crippen LogP contribution is 2.41. The highest BCUT2D eigenvalue weighted by molar-refractivity contribution is 6.01. The van der Waals surface area contributed by atoms with Gasteiger partial charge in [0.2, 0.25) is 5.91 Å². The van der Waals surface area contributed by atoms with E-state index in [1.54, 1.807) is 18.7 Å². The van der Waals surface area contributed by atoms with E-state index in [1.165, 1.54) is 28.0 Å². The minimum atomic E-state index is -4.67. The fraction of sp³-hybridized carbons (Fsp3) is 0.538. The monoisotopic (exact) mass is 536 g/mol. The summed E-state index contributed by atoms with van der Waals surface area (Å²) in [5.74, 6) is -1.18. The number of urea groups is 1. The van der Waals surface area contributed by atoms with Crippen LogP contribution >= 0.6 is 0 Å². The van der Waals surface area contributed by atoms with Gasteiger partial charge in [0.25, 0.3) is 5.91 Å². The van der Waals surface area contributed by atoms with Crippen molar-refractivity contribution in [1.82, 2.24) is 20.0 Å². The van der Waals surface area contributed by atoms with Crippen LogP contribution in [-0.4, -0.2) is 77.8 Å². The zero-order valence-electron chi connectivity index (χ0n) is 21.3. The Bertz CT molecular complexity index is 1140. The molecular weight excluding hydrogens is 505 g/mol. The number of alkyl halides is 3. The highest BCUT2D eigenvalue weighted by Gasteiger charge is 2.46. The van der Waals surface area contributed by atoms with E-state index in [9.17, 15) is 32.3 Å². The molecule has 0 bridgehead atoms. The molecule has 4 amide bonds. The van der Waals surface area contributed by atoms with E-state index in [4.69, 9.17) is 4.74 Å². The van der Waals surface area contributed by atoms with E-state index in [1.807, 2.05) is 0 Å². The summed E-state index contributed by atoms with van der Waals surface area (Å²) >= 11 is 0. The van der Waals surface area contributed by atoms with Crippen LogP contribution in [0.4, 0.5) is 18.0 Å². The van der Waals surface area contributed by atoms with Crippen LogP contribution in [0.25, 0.3) is 0 Å². The summed E-state index contributed by atoms with van der Waals surface area (Å²) in [6.45, 7) is 4.89. The van der Waals surface area contributed by atoms with Crippen LogP contribution in [0.3, 0.4) is 0 Å². The van der Waals surface area contributed by atoms with Crippen LogP contribution in [0.15, 0.2) is 35.5 Å². The second-order valence-corrected chi connectivity index (χ2v) is 9.46. The number of hydrogen-bond acceptors (Lipinski definition) is 5. The van der Waals surface area contributed by atoms with Crippen molar-refractivity contribution in [3.8, 4) is 0 Å². The van der Waals surface area contributed by atoms with Crippen molar-refractivity contribution < 1.29 is 37.1 Å². The zero-order chi connectivity index (χ0) is 27.6. The Morgan fingerprint density at radius 1 is 1.11 bits per heavy atom. The Hall–Kier alpha value is -3.57. The maximum atomic E-state index is 13.8. The van der Waals surface area contributed by atoms with Gasteiger partial charge in [-0.3, -0.25) is 19.3 Å². The van der Waals surface area contributed by atoms with Crippen molar-refractivity contribution in [3.63, 3.8) is 0 Å². The predicted molar refractivity (Wildman–Crippen MR) is 129 cm³/mol. The van der Waals surface area contributed by atoms with Gasteiger partial charge in [0.05, 0.1) is 41.9 Å². The molecule has 38 heavy (non-hydrogen) atoms. The molecule has 0 radical (unpaired) electrons. The maximum absolute atomic E-state index is 13.8. The van der Waals surface area contributed by atoms with Crippen LogP contribution in [0.5, 0.6) is 0 Å². The molecule has 1 N–H and O–H groups in total. The first-order chi connectivity index (χ1) is 18.1. The number of carbonyl (C=O) groups excluding carboxylic acids is 4. The Labute approximate surface area is 218 Å². The first kappa shape index (κ1) is 27.5. The van der Waals surface area contributed by atoms with E-state index in [0.29, 0.717) is 38.2 Å². The Morgan fingerprint density at radius 3 is 2.42 bits per heavy atom. The lowest BCUT2D eigenvalue weighted by atomic mass is 9.91. The topological polar surface area (TPSA) is 99.3 Å². The number of carbonyl (C=O) groups is 4. The molecule has 0 aliphatic carbocycles. The van der Waals surface area contributed by atoms with E-state index in [-0.39, 0.29) is 55.0 Å². The number of ether oxygens (including phenoxy) is 1. The molecule has 1 aromatic rings. The Morgan fingerprint density at radius 2 is 1.79 bits per heavy atom. The van der Waals surface area contributed by atoms with Gasteiger partial charge in [-0.25, -0.2) is 4.79 Å². The van der Waals surface area contributed by atoms with E-state index in [2.05, 4.69) is 5.32 Å². The van der Waals surface area contributed by atoms with Gasteiger partial charge in [-0.05, 0) is 38.3 Å². The first-order valence-electron chi connectivity index (χ1n) is 12.8. The quantitative estimate of drug-likeness (QED) is 0.540. The molecule has 4 rings (SSSR count). The van der Waals surface area contributed by atoms with E-state index < -0.39 is 29.7 Å². The number of likely N-dealkylation sites (tertiary alicyclic amines) is 1. The number of rotatable bonds is 7. The van der Waals surface area contributed by atoms with Gasteiger partial charge in [0.15, 0.2) is 0 Å². The highest BCUT2D eigenvalue weighted by atomic mass is 19.4. The summed E-state index contributed by atoms with van der Waals surface area (Å²) in [5, 5.41) is 2.58. The van der Waals surface area contributed by atoms with Gasteiger partial charge in [0, 0.05) is 32.6 Å². The number of nitrogens with one attached hydrogen (secondary N) is 1. The number of halogens is 3. The lowest BCUT2D eigenvalue weighted by Crippen LogP contribution is -2.47. The van der Waals surface area contributed by atoms with Gasteiger partial charge < -0.3 is 19.9 Å². The Balaban J connectivity index is 1.47. The normalized spacial score (nSPS) is 20.6. The van der Waals surface area contributed by atoms with Crippen molar-refractivity contribution in [2.75, 3.05) is 39.3 Å². The molecule has 1 aromatic carbocycles. The lowest BCUT2D eigenvalue weighted by molar-refractivity contribution is -0.151. The van der Waals surface area contributed by atoms with Crippen molar-refractivity contribution in [2.45, 2.75) is 45.3 Å². The number of likely N-dealkylation sites (N-methyl/N-ethyl adjacent to an activating group) is 1. The van der Waals surface area contributed by atoms with E-state index in [0.717, 1.165) is 6.07 Å². The lowest BCUT2D eigenvalue weighted by Gasteiger charge is -2.33. The van der Waals surface area contributed by atoms with Crippen molar-refractivity contribution in [2.24, 2.45) is 5.92 Å². The molecule has 9 nitrogen and oxygen atoms in total. The minimum absolute atomic E-state index is 0.0215. The average molecular weight is 537 g/mol. The molecule has 3 aliphatic rings. The van der Waals surface area contributed by atoms with Crippen molar-refractivity contribution in [1.29, 1.82) is 0 Å². The van der Waals surface area contributed by atoms with Gasteiger partial charge in [-0.15, -0.1) is 0 Å². The second kappa shape index (κ2) is 11.0. The standard InChI is InChI=1S/C26H31F3N4O5/c1-3-33-19-15-32(14-11-20(34)31-12-9-16(10-13-31)24(36)38-4-2)23(35)21(19)22(30-25(33)37)17-7-5-6-8-18(17)26(27,28)29/h5-8,16,22H,3-4,9-15H2,1-2H3,(H,30,37). The predicted octanol–water partition coefficient (Wildman–Crippen LogP) is 3.08. The SMILES string of the molecule is CCOC(=O)C1CCN(C(=O)CCN2CC3=C(C2=O)C(c2ccccc2C(F)(F)F)NC(=O)N3CC)CC1. The minimum Gasteiger partial charge on any atom is -0.466 e. The van der Waals surface area contributed by atoms with Gasteiger partial charge in [-0.1, -0.05) is 18.2 Å². The average Bonchev–Trinajstić information content (AvgIpc) is 3.22. The molecule has 0 aromatic heterocycles. The third-order valence-electron chi connectivity index (χ3n) is 7.25. The molecule has 12 heteroatoms. The third kappa shape index (κ3) is 5.34. The molecule has 3 aliphatic heterocycles. The maximum Gasteiger partial charge on any atom is 0.416 e. The van der Waals surface area contributed by atoms with Gasteiger partial charge in [-0.2, -0.15) is 13.2 Å². The van der Waals surface area contributed by atoms with Crippen LogP contribution in [0, 0.1) is 5.92 Å². The molecule has 3 heterocycles. The van der Waals surface area contributed by atoms with Gasteiger partial charge in [0.1, 0.15) is 0 Å². The number of amides is 4. The van der Waals surface area contributed by atoms with Crippen molar-refractivity contribution in [3.05, 3.63) is 46.7 Å². The summed E-state index contributed by atoms with van der Waals surface area (Å²) < 4.78 is 46.3. The molecule has 1 saturated heterocycles. The smallest absolute Gasteiger partial charge is 0.416 e. The first-order valence-corrected chi connectivity index (χ1v) is 12.8. The number of hydrogen-bond donors (Lipinski definition) is 1. The summed E-state index contributed by atoms with van der Waals surface area (Å²) in [5.41, 5.74) is -0.682.